The van der Waals surface area contributed by atoms with Gasteiger partial charge in [0, 0.05) is 0 Å². The van der Waals surface area contributed by atoms with Gasteiger partial charge in [0.1, 0.15) is 22.3 Å². The molecule has 0 spiro atoms. The molecule has 0 aliphatic rings. The highest BCUT2D eigenvalue weighted by atomic mass is 32.2. The molecule has 0 aliphatic carbocycles. The fourth-order valence-corrected chi connectivity index (χ4v) is 7.22. The molecule has 11 heteroatoms. The first-order valence-corrected chi connectivity index (χ1v) is 16.4. The maximum Gasteiger partial charge on any atom is 0.265 e. The van der Waals surface area contributed by atoms with Gasteiger partial charge in [-0.1, -0.05) is 84.9 Å². The van der Waals surface area contributed by atoms with Gasteiger partial charge in [-0.15, -0.1) is 0 Å². The first-order valence-electron chi connectivity index (χ1n) is 13.4. The summed E-state index contributed by atoms with van der Waals surface area (Å²) in [7, 11) is -7.87. The van der Waals surface area contributed by atoms with Crippen LogP contribution in [0.1, 0.15) is 22.3 Å². The molecule has 226 valence electrons. The Kier molecular flexibility index (Phi) is 8.98. The van der Waals surface area contributed by atoms with Gasteiger partial charge in [0.2, 0.25) is 0 Å². The van der Waals surface area contributed by atoms with Crippen molar-refractivity contribution in [3.8, 4) is 5.75 Å². The van der Waals surface area contributed by atoms with Crippen molar-refractivity contribution in [1.82, 2.24) is 0 Å². The lowest BCUT2D eigenvalue weighted by Crippen LogP contribution is -2.19. The zero-order valence-electron chi connectivity index (χ0n) is 23.5. The third-order valence-electron chi connectivity index (χ3n) is 6.88. The average Bonchev–Trinajstić information content (AvgIpc) is 3.01. The minimum atomic E-state index is -4.59. The number of ether oxygens (including phenoxy) is 1. The molecule has 0 saturated carbocycles. The molecule has 0 amide bonds. The highest BCUT2D eigenvalue weighted by Gasteiger charge is 2.27. The summed E-state index contributed by atoms with van der Waals surface area (Å²) in [5.74, 6) is -1.78. The smallest absolute Gasteiger partial charge is 0.265 e. The van der Waals surface area contributed by atoms with E-state index in [1.807, 2.05) is 60.7 Å². The van der Waals surface area contributed by atoms with Gasteiger partial charge in [-0.25, -0.2) is 25.6 Å². The van der Waals surface area contributed by atoms with E-state index in [0.717, 1.165) is 35.4 Å². The molecule has 0 aliphatic heterocycles. The van der Waals surface area contributed by atoms with E-state index < -0.39 is 41.5 Å². The van der Waals surface area contributed by atoms with Crippen LogP contribution in [0.15, 0.2) is 125 Å². The lowest BCUT2D eigenvalue weighted by molar-refractivity contribution is 0.402. The molecule has 0 aromatic heterocycles. The minimum absolute atomic E-state index is 0.173. The van der Waals surface area contributed by atoms with Crippen molar-refractivity contribution in [1.29, 1.82) is 0 Å². The molecule has 5 aromatic rings. The monoisotopic (exact) mass is 634 g/mol. The standard InChI is InChI=1S/C33H28F2N2O5S2/c1-42-30-19-18-27(43(38,39)36-32-25(14-8-16-28(32)34)20-23-10-4-2-5-11-23)22-31(30)44(40,41)37-33-26(15-9-17-29(33)35)21-24-12-6-3-7-13-24/h2-19,22,36-37H,20-21H2,1H3. The van der Waals surface area contributed by atoms with Crippen molar-refractivity contribution in [2.75, 3.05) is 16.6 Å². The van der Waals surface area contributed by atoms with Gasteiger partial charge in [-0.3, -0.25) is 9.44 Å². The minimum Gasteiger partial charge on any atom is -0.495 e. The molecule has 2 N–H and O–H groups in total. The van der Waals surface area contributed by atoms with Crippen LogP contribution in [0.5, 0.6) is 5.75 Å². The van der Waals surface area contributed by atoms with Crippen LogP contribution in [-0.4, -0.2) is 23.9 Å². The first-order chi connectivity index (χ1) is 21.1. The van der Waals surface area contributed by atoms with Crippen LogP contribution in [0.25, 0.3) is 0 Å². The van der Waals surface area contributed by atoms with Crippen LogP contribution < -0.4 is 14.2 Å². The summed E-state index contributed by atoms with van der Waals surface area (Å²) in [4.78, 5) is -1.01. The SMILES string of the molecule is COc1ccc(S(=O)(=O)Nc2c(F)cccc2Cc2ccccc2)cc1S(=O)(=O)Nc1c(F)cccc1Cc1ccccc1. The van der Waals surface area contributed by atoms with Crippen molar-refractivity contribution in [3.05, 3.63) is 149 Å². The Hall–Kier alpha value is -4.74. The van der Waals surface area contributed by atoms with Gasteiger partial charge >= 0.3 is 0 Å². The number of nitrogens with one attached hydrogen (secondary N) is 2. The van der Waals surface area contributed by atoms with Gasteiger partial charge in [-0.2, -0.15) is 0 Å². The normalized spacial score (nSPS) is 11.6. The van der Waals surface area contributed by atoms with Crippen molar-refractivity contribution in [3.63, 3.8) is 0 Å². The molecule has 0 atom stereocenters. The fourth-order valence-electron chi connectivity index (χ4n) is 4.71. The van der Waals surface area contributed by atoms with Crippen LogP contribution in [0.4, 0.5) is 20.2 Å². The Bertz CT molecular complexity index is 2010. The van der Waals surface area contributed by atoms with E-state index in [2.05, 4.69) is 9.44 Å². The van der Waals surface area contributed by atoms with Crippen molar-refractivity contribution in [2.24, 2.45) is 0 Å². The van der Waals surface area contributed by atoms with Crippen molar-refractivity contribution >= 4 is 31.4 Å². The summed E-state index contributed by atoms with van der Waals surface area (Å²) < 4.78 is 94.1. The first kappa shape index (κ1) is 30.7. The van der Waals surface area contributed by atoms with Gasteiger partial charge < -0.3 is 4.74 Å². The van der Waals surface area contributed by atoms with E-state index in [4.69, 9.17) is 4.74 Å². The number of rotatable bonds is 11. The second-order valence-corrected chi connectivity index (χ2v) is 13.2. The zero-order valence-corrected chi connectivity index (χ0v) is 25.1. The van der Waals surface area contributed by atoms with Crippen LogP contribution in [0, 0.1) is 11.6 Å². The Labute approximate surface area is 255 Å². The number of hydrogen-bond donors (Lipinski definition) is 2. The summed E-state index contributed by atoms with van der Waals surface area (Å²) in [6.45, 7) is 0. The molecule has 7 nitrogen and oxygen atoms in total. The molecular weight excluding hydrogens is 607 g/mol. The lowest BCUT2D eigenvalue weighted by Gasteiger charge is -2.17. The highest BCUT2D eigenvalue weighted by molar-refractivity contribution is 7.93. The molecule has 44 heavy (non-hydrogen) atoms. The van der Waals surface area contributed by atoms with E-state index in [9.17, 15) is 21.2 Å². The summed E-state index contributed by atoms with van der Waals surface area (Å²) in [6, 6.07) is 29.8. The van der Waals surface area contributed by atoms with Crippen molar-refractivity contribution in [2.45, 2.75) is 22.6 Å². The number of anilines is 2. The van der Waals surface area contributed by atoms with Crippen LogP contribution in [-0.2, 0) is 32.9 Å². The van der Waals surface area contributed by atoms with Gasteiger partial charge in [0.05, 0.1) is 23.4 Å². The molecule has 5 rings (SSSR count). The van der Waals surface area contributed by atoms with E-state index in [0.29, 0.717) is 11.1 Å². The number of methoxy groups -OCH3 is 1. The predicted molar refractivity (Wildman–Crippen MR) is 166 cm³/mol. The summed E-state index contributed by atoms with van der Waals surface area (Å²) in [6.07, 6.45) is 0.483. The maximum absolute atomic E-state index is 15.0. The third kappa shape index (κ3) is 6.90. The average molecular weight is 635 g/mol. The molecule has 0 fully saturated rings. The molecule has 5 aromatic carbocycles. The molecule has 0 heterocycles. The summed E-state index contributed by atoms with van der Waals surface area (Å²) in [5.41, 5.74) is 1.88. The highest BCUT2D eigenvalue weighted by Crippen LogP contribution is 2.33. The predicted octanol–water partition coefficient (Wildman–Crippen LogP) is 6.76. The van der Waals surface area contributed by atoms with E-state index in [1.165, 1.54) is 25.3 Å². The summed E-state index contributed by atoms with van der Waals surface area (Å²) >= 11 is 0. The number of para-hydroxylation sites is 2. The summed E-state index contributed by atoms with van der Waals surface area (Å²) in [5, 5.41) is 0. The molecule has 0 saturated heterocycles. The molecule has 0 radical (unpaired) electrons. The molecule has 0 bridgehead atoms. The Morgan fingerprint density at radius 3 is 1.55 bits per heavy atom. The quantitative estimate of drug-likeness (QED) is 0.167. The second-order valence-electron chi connectivity index (χ2n) is 9.90. The topological polar surface area (TPSA) is 102 Å². The number of hydrogen-bond acceptors (Lipinski definition) is 5. The lowest BCUT2D eigenvalue weighted by atomic mass is 10.0. The van der Waals surface area contributed by atoms with E-state index in [1.54, 1.807) is 12.1 Å². The third-order valence-corrected chi connectivity index (χ3v) is 9.60. The van der Waals surface area contributed by atoms with Crippen LogP contribution >= 0.6 is 0 Å². The van der Waals surface area contributed by atoms with E-state index in [-0.39, 0.29) is 30.0 Å². The fraction of sp³-hybridized carbons (Fsp3) is 0.0909. The molecular formula is C33H28F2N2O5S2. The van der Waals surface area contributed by atoms with Gasteiger partial charge in [0.25, 0.3) is 20.0 Å². The number of benzene rings is 5. The van der Waals surface area contributed by atoms with Gasteiger partial charge in [-0.05, 0) is 65.4 Å². The number of halogens is 2. The number of sulfonamides is 2. The maximum atomic E-state index is 15.0. The largest absolute Gasteiger partial charge is 0.495 e. The van der Waals surface area contributed by atoms with Gasteiger partial charge in [0.15, 0.2) is 0 Å². The second kappa shape index (κ2) is 12.9. The Morgan fingerprint density at radius 2 is 1.07 bits per heavy atom. The Morgan fingerprint density at radius 1 is 0.591 bits per heavy atom. The molecule has 0 unspecified atom stereocenters. The van der Waals surface area contributed by atoms with Crippen LogP contribution in [0.2, 0.25) is 0 Å². The van der Waals surface area contributed by atoms with Crippen LogP contribution in [0.3, 0.4) is 0 Å². The zero-order chi connectivity index (χ0) is 31.3. The van der Waals surface area contributed by atoms with Crippen molar-refractivity contribution < 1.29 is 30.4 Å². The Balaban J connectivity index is 1.49. The van der Waals surface area contributed by atoms with E-state index >= 15 is 4.39 Å².